The van der Waals surface area contributed by atoms with Crippen LogP contribution in [0.15, 0.2) is 83.8 Å². The van der Waals surface area contributed by atoms with Gasteiger partial charge in [-0.05, 0) is 49.6 Å². The molecule has 5 rings (SSSR count). The van der Waals surface area contributed by atoms with Crippen molar-refractivity contribution in [2.45, 2.75) is 36.5 Å². The summed E-state index contributed by atoms with van der Waals surface area (Å²) < 4.78 is 29.2. The molecule has 5 heteroatoms. The van der Waals surface area contributed by atoms with Crippen molar-refractivity contribution in [3.63, 3.8) is 0 Å². The third-order valence-corrected chi connectivity index (χ3v) is 8.47. The van der Waals surface area contributed by atoms with Gasteiger partial charge in [0.2, 0.25) is 0 Å². The molecule has 0 aliphatic heterocycles. The molecular weight excluding hydrogens is 406 g/mol. The number of hydrogen-bond acceptors (Lipinski definition) is 3. The molecule has 0 radical (unpaired) electrons. The van der Waals surface area contributed by atoms with Gasteiger partial charge >= 0.3 is 0 Å². The number of aliphatic hydroxyl groups excluding tert-OH is 1. The quantitative estimate of drug-likeness (QED) is 0.488. The zero-order valence-electron chi connectivity index (χ0n) is 17.6. The van der Waals surface area contributed by atoms with Crippen molar-refractivity contribution >= 4 is 20.9 Å². The van der Waals surface area contributed by atoms with Gasteiger partial charge in [-0.3, -0.25) is 0 Å². The van der Waals surface area contributed by atoms with Crippen molar-refractivity contribution in [1.82, 2.24) is 3.97 Å². The van der Waals surface area contributed by atoms with Crippen LogP contribution in [0.4, 0.5) is 0 Å². The molecule has 1 aliphatic rings. The van der Waals surface area contributed by atoms with Crippen molar-refractivity contribution in [3.8, 4) is 0 Å². The minimum absolute atomic E-state index is 0.0206. The molecule has 0 saturated heterocycles. The summed E-state index contributed by atoms with van der Waals surface area (Å²) in [5, 5.41) is 11.3. The highest BCUT2D eigenvalue weighted by molar-refractivity contribution is 7.90. The Morgan fingerprint density at radius 1 is 0.935 bits per heavy atom. The van der Waals surface area contributed by atoms with E-state index in [0.717, 1.165) is 27.8 Å². The van der Waals surface area contributed by atoms with E-state index in [1.165, 1.54) is 3.97 Å². The summed E-state index contributed by atoms with van der Waals surface area (Å²) in [6.45, 7) is 3.91. The van der Waals surface area contributed by atoms with Gasteiger partial charge in [0.25, 0.3) is 10.0 Å². The van der Waals surface area contributed by atoms with Gasteiger partial charge in [-0.15, -0.1) is 0 Å². The first-order chi connectivity index (χ1) is 14.9. The van der Waals surface area contributed by atoms with Crippen LogP contribution in [0.25, 0.3) is 10.9 Å². The third kappa shape index (κ3) is 2.95. The maximum atomic E-state index is 13.9. The van der Waals surface area contributed by atoms with E-state index < -0.39 is 15.4 Å². The summed E-state index contributed by atoms with van der Waals surface area (Å²) >= 11 is 0. The Morgan fingerprint density at radius 2 is 1.58 bits per heavy atom. The lowest BCUT2D eigenvalue weighted by molar-refractivity contribution is 0.251. The molecule has 1 N–H and O–H groups in total. The summed E-state index contributed by atoms with van der Waals surface area (Å²) in [6.07, 6.45) is 0.716. The molecular formula is C26H25NO3S. The van der Waals surface area contributed by atoms with Crippen LogP contribution in [0.2, 0.25) is 0 Å². The molecule has 0 spiro atoms. The standard InChI is InChI=1S/C26H25NO3S/c1-18-12-14-21(15-13-18)31(29,30)27-24-11-7-6-10-22(24)19(2)25(27)23-16-26(23,17-28)20-8-4-3-5-9-20/h3-15,23,28H,16-17H2,1-2H3/t23?,26-/m0/s1. The van der Waals surface area contributed by atoms with Crippen LogP contribution in [0, 0.1) is 13.8 Å². The maximum Gasteiger partial charge on any atom is 0.268 e. The molecule has 4 nitrogen and oxygen atoms in total. The normalized spacial score (nSPS) is 20.8. The van der Waals surface area contributed by atoms with Gasteiger partial charge < -0.3 is 5.11 Å². The van der Waals surface area contributed by atoms with Crippen molar-refractivity contribution < 1.29 is 13.5 Å². The fourth-order valence-electron chi connectivity index (χ4n) is 4.88. The van der Waals surface area contributed by atoms with E-state index in [9.17, 15) is 13.5 Å². The van der Waals surface area contributed by atoms with Crippen LogP contribution in [0.1, 0.15) is 34.7 Å². The van der Waals surface area contributed by atoms with E-state index in [1.54, 1.807) is 12.1 Å². The molecule has 2 atom stereocenters. The molecule has 1 aliphatic carbocycles. The fraction of sp³-hybridized carbons (Fsp3) is 0.231. The van der Waals surface area contributed by atoms with E-state index in [2.05, 4.69) is 0 Å². The molecule has 1 heterocycles. The molecule has 0 amide bonds. The molecule has 1 saturated carbocycles. The molecule has 3 aromatic carbocycles. The van der Waals surface area contributed by atoms with Gasteiger partial charge in [0.15, 0.2) is 0 Å². The van der Waals surface area contributed by atoms with Crippen molar-refractivity contribution in [1.29, 1.82) is 0 Å². The number of para-hydroxylation sites is 1. The van der Waals surface area contributed by atoms with E-state index in [4.69, 9.17) is 0 Å². The number of aliphatic hydroxyl groups is 1. The van der Waals surface area contributed by atoms with Gasteiger partial charge in [0.1, 0.15) is 0 Å². The van der Waals surface area contributed by atoms with Crippen LogP contribution >= 0.6 is 0 Å². The van der Waals surface area contributed by atoms with E-state index in [0.29, 0.717) is 11.9 Å². The predicted octanol–water partition coefficient (Wildman–Crippen LogP) is 4.91. The first-order valence-electron chi connectivity index (χ1n) is 10.5. The number of fused-ring (bicyclic) bond motifs is 1. The Morgan fingerprint density at radius 3 is 2.26 bits per heavy atom. The highest BCUT2D eigenvalue weighted by Crippen LogP contribution is 2.61. The Labute approximate surface area is 182 Å². The summed E-state index contributed by atoms with van der Waals surface area (Å²) in [4.78, 5) is 0.273. The first kappa shape index (κ1) is 20.0. The molecule has 4 aromatic rings. The van der Waals surface area contributed by atoms with E-state index in [-0.39, 0.29) is 17.4 Å². The van der Waals surface area contributed by atoms with E-state index in [1.807, 2.05) is 80.6 Å². The first-order valence-corrected chi connectivity index (χ1v) is 11.9. The Balaban J connectivity index is 1.76. The number of nitrogens with zero attached hydrogens (tertiary/aromatic N) is 1. The SMILES string of the molecule is Cc1ccc(S(=O)(=O)n2c(C3C[C@]3(CO)c3ccccc3)c(C)c3ccccc32)cc1. The molecule has 1 aromatic heterocycles. The highest BCUT2D eigenvalue weighted by atomic mass is 32.2. The van der Waals surface area contributed by atoms with Gasteiger partial charge in [-0.25, -0.2) is 12.4 Å². The lowest BCUT2D eigenvalue weighted by Gasteiger charge is -2.18. The zero-order valence-corrected chi connectivity index (χ0v) is 18.4. The number of aromatic nitrogens is 1. The average Bonchev–Trinajstić information content (AvgIpc) is 3.45. The topological polar surface area (TPSA) is 59.3 Å². The summed E-state index contributed by atoms with van der Waals surface area (Å²) in [5.41, 5.74) is 4.02. The summed E-state index contributed by atoms with van der Waals surface area (Å²) in [5.74, 6) is -0.0764. The predicted molar refractivity (Wildman–Crippen MR) is 123 cm³/mol. The zero-order chi connectivity index (χ0) is 21.8. The average molecular weight is 432 g/mol. The molecule has 1 fully saturated rings. The number of rotatable bonds is 5. The lowest BCUT2D eigenvalue weighted by Crippen LogP contribution is -2.20. The Kier molecular flexibility index (Phi) is 4.57. The highest BCUT2D eigenvalue weighted by Gasteiger charge is 2.58. The monoisotopic (exact) mass is 431 g/mol. The van der Waals surface area contributed by atoms with Crippen molar-refractivity contribution in [2.75, 3.05) is 6.61 Å². The largest absolute Gasteiger partial charge is 0.395 e. The smallest absolute Gasteiger partial charge is 0.268 e. The van der Waals surface area contributed by atoms with E-state index >= 15 is 0 Å². The van der Waals surface area contributed by atoms with Crippen LogP contribution in [-0.4, -0.2) is 24.1 Å². The van der Waals surface area contributed by atoms with Gasteiger partial charge in [-0.1, -0.05) is 66.2 Å². The fourth-order valence-corrected chi connectivity index (χ4v) is 6.52. The summed E-state index contributed by atoms with van der Waals surface area (Å²) in [6, 6.07) is 24.6. The Hall–Kier alpha value is -2.89. The second-order valence-electron chi connectivity index (χ2n) is 8.55. The van der Waals surface area contributed by atoms with Crippen molar-refractivity contribution in [3.05, 3.63) is 101 Å². The van der Waals surface area contributed by atoms with Crippen LogP contribution in [-0.2, 0) is 15.4 Å². The summed E-state index contributed by atoms with van der Waals surface area (Å²) in [7, 11) is -3.80. The maximum absolute atomic E-state index is 13.9. The van der Waals surface area contributed by atoms with Crippen LogP contribution in [0.5, 0.6) is 0 Å². The second-order valence-corrected chi connectivity index (χ2v) is 10.3. The number of hydrogen-bond donors (Lipinski definition) is 1. The van der Waals surface area contributed by atoms with Gasteiger partial charge in [0, 0.05) is 22.4 Å². The number of aryl methyl sites for hydroxylation is 2. The number of benzene rings is 3. The van der Waals surface area contributed by atoms with Crippen LogP contribution in [0.3, 0.4) is 0 Å². The lowest BCUT2D eigenvalue weighted by atomic mass is 9.92. The third-order valence-electron chi connectivity index (χ3n) is 6.73. The molecule has 158 valence electrons. The van der Waals surface area contributed by atoms with Gasteiger partial charge in [0.05, 0.1) is 17.0 Å². The van der Waals surface area contributed by atoms with Gasteiger partial charge in [-0.2, -0.15) is 0 Å². The molecule has 0 bridgehead atoms. The second kappa shape index (κ2) is 7.08. The minimum atomic E-state index is -3.80. The van der Waals surface area contributed by atoms with Crippen LogP contribution < -0.4 is 0 Å². The van der Waals surface area contributed by atoms with Crippen molar-refractivity contribution in [2.24, 2.45) is 0 Å². The Bertz CT molecular complexity index is 1370. The molecule has 1 unspecified atom stereocenters. The molecule has 31 heavy (non-hydrogen) atoms. The minimum Gasteiger partial charge on any atom is -0.395 e.